The summed E-state index contributed by atoms with van der Waals surface area (Å²) in [7, 11) is 0. The van der Waals surface area contributed by atoms with E-state index in [1.54, 1.807) is 12.1 Å². The number of ether oxygens (including phenoxy) is 1. The summed E-state index contributed by atoms with van der Waals surface area (Å²) in [6.07, 6.45) is 0. The minimum absolute atomic E-state index is 0.0860. The van der Waals surface area contributed by atoms with E-state index < -0.39 is 5.97 Å². The van der Waals surface area contributed by atoms with Crippen molar-refractivity contribution in [2.45, 2.75) is 0 Å². The molecule has 0 spiro atoms. The Bertz CT molecular complexity index is 566. The molecule has 0 saturated carbocycles. The lowest BCUT2D eigenvalue weighted by atomic mass is 10.3. The Kier molecular flexibility index (Phi) is 3.76. The molecule has 3 nitrogen and oxygen atoms in total. The smallest absolute Gasteiger partial charge is 0.379 e. The van der Waals surface area contributed by atoms with Gasteiger partial charge in [-0.3, -0.25) is 0 Å². The first kappa shape index (κ1) is 12.5. The predicted molar refractivity (Wildman–Crippen MR) is 67.8 cm³/mol. The average Bonchev–Trinajstić information content (AvgIpc) is 2.69. The van der Waals surface area contributed by atoms with Crippen LogP contribution in [0, 0.1) is 0 Å². The van der Waals surface area contributed by atoms with Gasteiger partial charge in [-0.15, -0.1) is 0 Å². The van der Waals surface area contributed by atoms with Crippen LogP contribution in [-0.2, 0) is 0 Å². The first-order valence-corrected chi connectivity index (χ1v) is 6.04. The summed E-state index contributed by atoms with van der Waals surface area (Å²) in [5.74, 6) is -0.309. The molecule has 0 unspecified atom stereocenters. The quantitative estimate of drug-likeness (QED) is 0.596. The number of esters is 1. The first-order valence-electron chi connectivity index (χ1n) is 4.49. The maximum Gasteiger partial charge on any atom is 0.379 e. The largest absolute Gasteiger partial charge is 0.442 e. The van der Waals surface area contributed by atoms with Crippen LogP contribution in [0.3, 0.4) is 0 Å². The number of furan rings is 1. The van der Waals surface area contributed by atoms with E-state index in [2.05, 4.69) is 15.9 Å². The Hall–Kier alpha value is -0.970. The monoisotopic (exact) mass is 334 g/mol. The molecule has 0 amide bonds. The van der Waals surface area contributed by atoms with Crippen molar-refractivity contribution in [2.24, 2.45) is 0 Å². The van der Waals surface area contributed by atoms with Gasteiger partial charge in [-0.25, -0.2) is 4.79 Å². The summed E-state index contributed by atoms with van der Waals surface area (Å²) in [6.45, 7) is 0. The third kappa shape index (κ3) is 3.03. The number of halogens is 3. The molecule has 0 saturated heterocycles. The van der Waals surface area contributed by atoms with Crippen LogP contribution >= 0.6 is 39.1 Å². The van der Waals surface area contributed by atoms with E-state index >= 15 is 0 Å². The fraction of sp³-hybridized carbons (Fsp3) is 0. The second-order valence-electron chi connectivity index (χ2n) is 3.07. The Balaban J connectivity index is 2.18. The molecule has 0 aliphatic heterocycles. The number of hydrogen-bond acceptors (Lipinski definition) is 3. The van der Waals surface area contributed by atoms with E-state index in [4.69, 9.17) is 32.4 Å². The van der Waals surface area contributed by atoms with Crippen molar-refractivity contribution in [3.63, 3.8) is 0 Å². The van der Waals surface area contributed by atoms with Gasteiger partial charge in [0.2, 0.25) is 5.76 Å². The van der Waals surface area contributed by atoms with Crippen molar-refractivity contribution < 1.29 is 13.9 Å². The van der Waals surface area contributed by atoms with Gasteiger partial charge in [0.05, 0.1) is 5.02 Å². The lowest BCUT2D eigenvalue weighted by molar-refractivity contribution is 0.0700. The highest BCUT2D eigenvalue weighted by Gasteiger charge is 2.14. The molecule has 0 aliphatic carbocycles. The molecule has 17 heavy (non-hydrogen) atoms. The van der Waals surface area contributed by atoms with E-state index in [1.165, 1.54) is 18.2 Å². The standard InChI is InChI=1S/C11H5BrCl2O3/c12-10-4-3-9(16-10)11(15)17-8-2-1-6(13)5-7(8)14/h1-5H. The van der Waals surface area contributed by atoms with E-state index in [9.17, 15) is 4.79 Å². The summed E-state index contributed by atoms with van der Waals surface area (Å²) in [6, 6.07) is 7.68. The van der Waals surface area contributed by atoms with Crippen LogP contribution in [0.25, 0.3) is 0 Å². The molecule has 0 atom stereocenters. The number of rotatable bonds is 2. The molecule has 2 aromatic rings. The predicted octanol–water partition coefficient (Wildman–Crippen LogP) is 4.57. The molecule has 6 heteroatoms. The Morgan fingerprint density at radius 3 is 2.59 bits per heavy atom. The molecule has 0 fully saturated rings. The van der Waals surface area contributed by atoms with Gasteiger partial charge in [-0.1, -0.05) is 23.2 Å². The lowest BCUT2D eigenvalue weighted by Crippen LogP contribution is -2.07. The minimum Gasteiger partial charge on any atom is -0.442 e. The van der Waals surface area contributed by atoms with E-state index in [1.807, 2.05) is 0 Å². The van der Waals surface area contributed by atoms with Gasteiger partial charge in [0.1, 0.15) is 5.75 Å². The Morgan fingerprint density at radius 2 is 2.00 bits per heavy atom. The third-order valence-electron chi connectivity index (χ3n) is 1.87. The fourth-order valence-electron chi connectivity index (χ4n) is 1.13. The van der Waals surface area contributed by atoms with Crippen molar-refractivity contribution >= 4 is 45.1 Å². The second kappa shape index (κ2) is 5.12. The van der Waals surface area contributed by atoms with Gasteiger partial charge in [-0.05, 0) is 46.3 Å². The molecule has 0 aliphatic rings. The van der Waals surface area contributed by atoms with Gasteiger partial charge >= 0.3 is 5.97 Å². The molecular formula is C11H5BrCl2O3. The molecule has 1 aromatic carbocycles. The maximum absolute atomic E-state index is 11.6. The summed E-state index contributed by atoms with van der Waals surface area (Å²) in [4.78, 5) is 11.6. The molecule has 0 N–H and O–H groups in total. The van der Waals surface area contributed by atoms with E-state index in [0.717, 1.165) is 0 Å². The van der Waals surface area contributed by atoms with E-state index in [-0.39, 0.29) is 16.5 Å². The lowest BCUT2D eigenvalue weighted by Gasteiger charge is -2.04. The molecule has 0 bridgehead atoms. The number of benzene rings is 1. The number of carbonyl (C=O) groups is 1. The van der Waals surface area contributed by atoms with Crippen molar-refractivity contribution in [3.05, 3.63) is 50.8 Å². The normalized spacial score (nSPS) is 10.3. The van der Waals surface area contributed by atoms with Gasteiger partial charge in [0, 0.05) is 5.02 Å². The first-order chi connectivity index (χ1) is 8.06. The number of hydrogen-bond donors (Lipinski definition) is 0. The highest BCUT2D eigenvalue weighted by molar-refractivity contribution is 9.10. The summed E-state index contributed by atoms with van der Waals surface area (Å²) < 4.78 is 10.6. The fourth-order valence-corrected chi connectivity index (χ4v) is 1.89. The zero-order chi connectivity index (χ0) is 12.4. The molecule has 88 valence electrons. The van der Waals surface area contributed by atoms with Crippen LogP contribution in [0.15, 0.2) is 39.4 Å². The second-order valence-corrected chi connectivity index (χ2v) is 4.69. The average molecular weight is 336 g/mol. The van der Waals surface area contributed by atoms with Crippen molar-refractivity contribution in [2.75, 3.05) is 0 Å². The van der Waals surface area contributed by atoms with Crippen LogP contribution in [0.5, 0.6) is 5.75 Å². The maximum atomic E-state index is 11.6. The molecule has 1 heterocycles. The highest BCUT2D eigenvalue weighted by Crippen LogP contribution is 2.28. The van der Waals surface area contributed by atoms with E-state index in [0.29, 0.717) is 9.69 Å². The van der Waals surface area contributed by atoms with Crippen molar-refractivity contribution in [3.8, 4) is 5.75 Å². The van der Waals surface area contributed by atoms with Crippen molar-refractivity contribution in [1.29, 1.82) is 0 Å². The Labute approximate surface area is 115 Å². The van der Waals surface area contributed by atoms with Gasteiger partial charge < -0.3 is 9.15 Å². The van der Waals surface area contributed by atoms with Crippen molar-refractivity contribution in [1.82, 2.24) is 0 Å². The van der Waals surface area contributed by atoms with Crippen LogP contribution in [-0.4, -0.2) is 5.97 Å². The highest BCUT2D eigenvalue weighted by atomic mass is 79.9. The summed E-state index contributed by atoms with van der Waals surface area (Å²) in [5, 5.41) is 0.729. The van der Waals surface area contributed by atoms with Crippen LogP contribution < -0.4 is 4.74 Å². The summed E-state index contributed by atoms with van der Waals surface area (Å²) >= 11 is 14.7. The molecule has 0 radical (unpaired) electrons. The van der Waals surface area contributed by atoms with Crippen LogP contribution in [0.1, 0.15) is 10.6 Å². The molecular weight excluding hydrogens is 331 g/mol. The topological polar surface area (TPSA) is 39.4 Å². The van der Waals surface area contributed by atoms with Crippen LogP contribution in [0.2, 0.25) is 10.0 Å². The summed E-state index contributed by atoms with van der Waals surface area (Å²) in [5.41, 5.74) is 0. The Morgan fingerprint density at radius 1 is 1.24 bits per heavy atom. The molecule has 1 aromatic heterocycles. The minimum atomic E-state index is -0.625. The van der Waals surface area contributed by atoms with Gasteiger partial charge in [0.15, 0.2) is 4.67 Å². The van der Waals surface area contributed by atoms with Gasteiger partial charge in [-0.2, -0.15) is 0 Å². The molecule has 2 rings (SSSR count). The van der Waals surface area contributed by atoms with Crippen LogP contribution in [0.4, 0.5) is 0 Å². The van der Waals surface area contributed by atoms with Gasteiger partial charge in [0.25, 0.3) is 0 Å². The SMILES string of the molecule is O=C(Oc1ccc(Cl)cc1Cl)c1ccc(Br)o1. The zero-order valence-electron chi connectivity index (χ0n) is 8.25. The zero-order valence-corrected chi connectivity index (χ0v) is 11.3. The number of carbonyl (C=O) groups excluding carboxylic acids is 1. The third-order valence-corrected chi connectivity index (χ3v) is 2.83.